The molecular weight excluding hydrogens is 282 g/mol. The number of rotatable bonds is 4. The zero-order valence-electron chi connectivity index (χ0n) is 12.3. The van der Waals surface area contributed by atoms with Gasteiger partial charge in [0.2, 0.25) is 0 Å². The smallest absolute Gasteiger partial charge is 0.111 e. The van der Waals surface area contributed by atoms with Gasteiger partial charge in [0.1, 0.15) is 5.82 Å². The van der Waals surface area contributed by atoms with Crippen molar-refractivity contribution in [2.45, 2.75) is 26.3 Å². The minimum absolute atomic E-state index is 0.135. The molecule has 0 saturated carbocycles. The van der Waals surface area contributed by atoms with Crippen LogP contribution in [0.4, 0.5) is 0 Å². The highest BCUT2D eigenvalue weighted by Gasteiger charge is 2.18. The molecule has 3 nitrogen and oxygen atoms in total. The van der Waals surface area contributed by atoms with Crippen molar-refractivity contribution in [3.8, 4) is 0 Å². The Bertz CT molecular complexity index is 749. The summed E-state index contributed by atoms with van der Waals surface area (Å²) in [6.07, 6.45) is 2.59. The number of halogens is 1. The normalized spacial score (nSPS) is 12.7. The number of hydrogen-bond acceptors (Lipinski definition) is 2. The van der Waals surface area contributed by atoms with Crippen molar-refractivity contribution in [3.05, 3.63) is 59.7 Å². The molecule has 2 heterocycles. The first-order valence-electron chi connectivity index (χ1n) is 7.15. The van der Waals surface area contributed by atoms with E-state index in [1.165, 1.54) is 5.56 Å². The largest absolute Gasteiger partial charge is 0.319 e. The van der Waals surface area contributed by atoms with Crippen molar-refractivity contribution >= 4 is 22.6 Å². The molecule has 1 unspecified atom stereocenters. The topological polar surface area (TPSA) is 30.7 Å². The number of imidazole rings is 1. The molecule has 0 aliphatic carbocycles. The average Bonchev–Trinajstić information content (AvgIpc) is 2.87. The number of fused-ring (bicyclic) bond motifs is 1. The maximum absolute atomic E-state index is 5.96. The second-order valence-corrected chi connectivity index (χ2v) is 5.59. The van der Waals surface area contributed by atoms with Crippen LogP contribution in [0.2, 0.25) is 0 Å². The molecule has 0 aliphatic heterocycles. The van der Waals surface area contributed by atoms with E-state index < -0.39 is 0 Å². The van der Waals surface area contributed by atoms with Crippen LogP contribution in [0.1, 0.15) is 30.0 Å². The van der Waals surface area contributed by atoms with Crippen LogP contribution in [0.25, 0.3) is 11.0 Å². The lowest BCUT2D eigenvalue weighted by molar-refractivity contribution is 0.607. The molecule has 1 atom stereocenters. The van der Waals surface area contributed by atoms with Gasteiger partial charge in [-0.15, -0.1) is 11.6 Å². The predicted octanol–water partition coefficient (Wildman–Crippen LogP) is 4.13. The Morgan fingerprint density at radius 3 is 2.76 bits per heavy atom. The van der Waals surface area contributed by atoms with E-state index in [4.69, 9.17) is 16.6 Å². The number of nitrogens with zero attached hydrogens (tertiary/aromatic N) is 3. The number of alkyl halides is 1. The quantitative estimate of drug-likeness (QED) is 0.678. The Hall–Kier alpha value is -1.87. The van der Waals surface area contributed by atoms with Gasteiger partial charge < -0.3 is 4.57 Å². The summed E-state index contributed by atoms with van der Waals surface area (Å²) in [6, 6.07) is 12.4. The molecule has 0 fully saturated rings. The van der Waals surface area contributed by atoms with E-state index in [1.807, 2.05) is 18.3 Å². The number of benzene rings is 1. The lowest BCUT2D eigenvalue weighted by Crippen LogP contribution is -2.12. The van der Waals surface area contributed by atoms with Crippen LogP contribution in [-0.4, -0.2) is 20.4 Å². The fourth-order valence-electron chi connectivity index (χ4n) is 2.75. The maximum Gasteiger partial charge on any atom is 0.111 e. The van der Waals surface area contributed by atoms with Gasteiger partial charge in [0.15, 0.2) is 0 Å². The van der Waals surface area contributed by atoms with Crippen LogP contribution in [0.5, 0.6) is 0 Å². The van der Waals surface area contributed by atoms with Gasteiger partial charge in [0.05, 0.1) is 22.8 Å². The molecule has 3 aromatic rings. The van der Waals surface area contributed by atoms with Crippen molar-refractivity contribution < 1.29 is 0 Å². The molecule has 1 aromatic carbocycles. The Balaban J connectivity index is 2.20. The molecule has 21 heavy (non-hydrogen) atoms. The van der Waals surface area contributed by atoms with Gasteiger partial charge in [0, 0.05) is 18.5 Å². The van der Waals surface area contributed by atoms with E-state index in [0.29, 0.717) is 5.88 Å². The number of pyridine rings is 1. The summed E-state index contributed by atoms with van der Waals surface area (Å²) >= 11 is 5.96. The van der Waals surface area contributed by atoms with E-state index in [-0.39, 0.29) is 6.04 Å². The lowest BCUT2D eigenvalue weighted by atomic mass is 10.1. The molecule has 0 spiro atoms. The maximum atomic E-state index is 5.96. The minimum Gasteiger partial charge on any atom is -0.319 e. The Morgan fingerprint density at radius 2 is 2.05 bits per heavy atom. The van der Waals surface area contributed by atoms with Crippen molar-refractivity contribution in [1.29, 1.82) is 0 Å². The Morgan fingerprint density at radius 1 is 1.19 bits per heavy atom. The monoisotopic (exact) mass is 299 g/mol. The van der Waals surface area contributed by atoms with Crippen LogP contribution in [-0.2, 0) is 6.42 Å². The number of hydrogen-bond donors (Lipinski definition) is 0. The molecule has 0 aliphatic rings. The van der Waals surface area contributed by atoms with E-state index >= 15 is 0 Å². The van der Waals surface area contributed by atoms with Crippen LogP contribution >= 0.6 is 11.6 Å². The molecule has 0 radical (unpaired) electrons. The summed E-state index contributed by atoms with van der Waals surface area (Å²) in [4.78, 5) is 9.28. The summed E-state index contributed by atoms with van der Waals surface area (Å²) in [5, 5.41) is 0. The van der Waals surface area contributed by atoms with Crippen LogP contribution in [0, 0.1) is 6.92 Å². The van der Waals surface area contributed by atoms with Gasteiger partial charge >= 0.3 is 0 Å². The Kier molecular flexibility index (Phi) is 3.93. The van der Waals surface area contributed by atoms with Crippen molar-refractivity contribution in [2.75, 3.05) is 5.88 Å². The van der Waals surface area contributed by atoms with Crippen molar-refractivity contribution in [2.24, 2.45) is 0 Å². The first kappa shape index (κ1) is 14.1. The summed E-state index contributed by atoms with van der Waals surface area (Å²) in [5.41, 5.74) is 4.43. The van der Waals surface area contributed by atoms with Crippen molar-refractivity contribution in [3.63, 3.8) is 0 Å². The zero-order valence-corrected chi connectivity index (χ0v) is 13.0. The van der Waals surface area contributed by atoms with Crippen LogP contribution in [0.3, 0.4) is 0 Å². The van der Waals surface area contributed by atoms with Gasteiger partial charge in [-0.05, 0) is 37.6 Å². The minimum atomic E-state index is 0.135. The predicted molar refractivity (Wildman–Crippen MR) is 86.9 cm³/mol. The van der Waals surface area contributed by atoms with Gasteiger partial charge in [-0.3, -0.25) is 4.98 Å². The second-order valence-electron chi connectivity index (χ2n) is 5.21. The third-order valence-electron chi connectivity index (χ3n) is 3.82. The number of aryl methyl sites for hydroxylation is 2. The van der Waals surface area contributed by atoms with Crippen LogP contribution < -0.4 is 0 Å². The second kappa shape index (κ2) is 5.86. The molecule has 0 saturated heterocycles. The first-order valence-corrected chi connectivity index (χ1v) is 7.69. The fourth-order valence-corrected chi connectivity index (χ4v) is 2.92. The molecule has 4 heteroatoms. The van der Waals surface area contributed by atoms with E-state index in [9.17, 15) is 0 Å². The highest BCUT2D eigenvalue weighted by atomic mass is 35.5. The molecule has 3 rings (SSSR count). The SMILES string of the molecule is Cc1cccc2c1nc(CCCl)n2C(C)c1ccccn1. The van der Waals surface area contributed by atoms with E-state index in [1.54, 1.807) is 0 Å². The summed E-state index contributed by atoms with van der Waals surface area (Å²) in [6.45, 7) is 4.25. The van der Waals surface area contributed by atoms with Crippen molar-refractivity contribution in [1.82, 2.24) is 14.5 Å². The van der Waals surface area contributed by atoms with Crippen LogP contribution in [0.15, 0.2) is 42.6 Å². The zero-order chi connectivity index (χ0) is 14.8. The molecule has 0 amide bonds. The summed E-state index contributed by atoms with van der Waals surface area (Å²) in [7, 11) is 0. The van der Waals surface area contributed by atoms with E-state index in [0.717, 1.165) is 29.0 Å². The van der Waals surface area contributed by atoms with E-state index in [2.05, 4.69) is 47.7 Å². The highest BCUT2D eigenvalue weighted by Crippen LogP contribution is 2.27. The highest BCUT2D eigenvalue weighted by molar-refractivity contribution is 6.17. The number of para-hydroxylation sites is 1. The van der Waals surface area contributed by atoms with Gasteiger partial charge in [0.25, 0.3) is 0 Å². The average molecular weight is 300 g/mol. The molecular formula is C17H18ClN3. The summed E-state index contributed by atoms with van der Waals surface area (Å²) < 4.78 is 2.26. The Labute approximate surface area is 129 Å². The molecule has 108 valence electrons. The number of aromatic nitrogens is 3. The van der Waals surface area contributed by atoms with Gasteiger partial charge in [-0.2, -0.15) is 0 Å². The third kappa shape index (κ3) is 2.54. The lowest BCUT2D eigenvalue weighted by Gasteiger charge is -2.17. The summed E-state index contributed by atoms with van der Waals surface area (Å²) in [5.74, 6) is 1.59. The molecule has 0 N–H and O–H groups in total. The standard InChI is InChI=1S/C17H18ClN3/c1-12-6-5-8-15-17(12)20-16(9-10-18)21(15)13(2)14-7-3-4-11-19-14/h3-8,11,13H,9-10H2,1-2H3. The first-order chi connectivity index (χ1) is 10.2. The molecule has 2 aromatic heterocycles. The third-order valence-corrected chi connectivity index (χ3v) is 4.01. The fraction of sp³-hybridized carbons (Fsp3) is 0.294. The van der Waals surface area contributed by atoms with Gasteiger partial charge in [-0.25, -0.2) is 4.98 Å². The van der Waals surface area contributed by atoms with Gasteiger partial charge in [-0.1, -0.05) is 18.2 Å². The molecule has 0 bridgehead atoms.